The second-order valence-electron chi connectivity index (χ2n) is 9.87. The van der Waals surface area contributed by atoms with E-state index in [0.717, 1.165) is 38.5 Å². The maximum Gasteiger partial charge on any atom is 0.263 e. The first kappa shape index (κ1) is 27.1. The number of hydrogen-bond acceptors (Lipinski definition) is 6. The van der Waals surface area contributed by atoms with Crippen molar-refractivity contribution in [3.05, 3.63) is 60.7 Å². The maximum absolute atomic E-state index is 12.8. The highest BCUT2D eigenvalue weighted by Crippen LogP contribution is 2.27. The molecule has 8 heteroatoms. The summed E-state index contributed by atoms with van der Waals surface area (Å²) < 4.78 is 0. The molecule has 38 heavy (non-hydrogen) atoms. The molecule has 2 unspecified atom stereocenters. The van der Waals surface area contributed by atoms with E-state index in [2.05, 4.69) is 10.2 Å². The Balaban J connectivity index is 1.11. The van der Waals surface area contributed by atoms with Gasteiger partial charge < -0.3 is 0 Å². The van der Waals surface area contributed by atoms with Gasteiger partial charge in [-0.05, 0) is 51.0 Å². The van der Waals surface area contributed by atoms with Gasteiger partial charge in [-0.3, -0.25) is 19.2 Å². The quantitative estimate of drug-likeness (QED) is 0.267. The van der Waals surface area contributed by atoms with E-state index in [1.807, 2.05) is 36.4 Å². The van der Waals surface area contributed by atoms with Crippen LogP contribution in [-0.2, 0) is 19.2 Å². The summed E-state index contributed by atoms with van der Waals surface area (Å²) in [6.07, 6.45) is 5.83. The number of para-hydroxylation sites is 2. The lowest BCUT2D eigenvalue weighted by Crippen LogP contribution is -2.32. The second-order valence-corrected chi connectivity index (χ2v) is 9.87. The van der Waals surface area contributed by atoms with Crippen molar-refractivity contribution in [2.24, 2.45) is 22.0 Å². The van der Waals surface area contributed by atoms with Crippen LogP contribution in [0.5, 0.6) is 0 Å². The minimum absolute atomic E-state index is 0.0805. The van der Waals surface area contributed by atoms with E-state index in [0.29, 0.717) is 35.6 Å². The molecule has 2 amide bonds. The molecule has 2 aliphatic heterocycles. The molecule has 4 rings (SSSR count). The minimum Gasteiger partial charge on any atom is -0.298 e. The van der Waals surface area contributed by atoms with Crippen LogP contribution in [0.2, 0.25) is 0 Å². The van der Waals surface area contributed by atoms with Crippen molar-refractivity contribution in [1.82, 2.24) is 0 Å². The summed E-state index contributed by atoms with van der Waals surface area (Å²) in [5, 5.41) is 11.3. The third-order valence-corrected chi connectivity index (χ3v) is 7.00. The standard InChI is InChI=1S/C30H34N4O4/c1-21-27(29(37)33(31-21)23-15-9-7-10-16-23)25(35)19-13-5-3-4-6-14-20-26(36)28-22(2)32-34(30(28)38)24-17-11-8-12-18-24/h7-12,15-18,27-28H,3-6,13-14,19-20H2,1-2H3. The molecule has 0 spiro atoms. The van der Waals surface area contributed by atoms with Crippen LogP contribution in [0.3, 0.4) is 0 Å². The van der Waals surface area contributed by atoms with E-state index in [1.54, 1.807) is 38.1 Å². The SMILES string of the molecule is CC1=NN(c2ccccc2)C(=O)C1C(=O)CCCCCCCCC(=O)C1C(=O)N(c2ccccc2)N=C1C. The number of hydrazone groups is 2. The summed E-state index contributed by atoms with van der Waals surface area (Å²) in [5.74, 6) is -2.30. The van der Waals surface area contributed by atoms with E-state index in [-0.39, 0.29) is 23.4 Å². The summed E-state index contributed by atoms with van der Waals surface area (Å²) in [7, 11) is 0. The third-order valence-electron chi connectivity index (χ3n) is 7.00. The van der Waals surface area contributed by atoms with E-state index < -0.39 is 11.8 Å². The number of ketones is 2. The number of amides is 2. The van der Waals surface area contributed by atoms with Gasteiger partial charge in [-0.25, -0.2) is 0 Å². The van der Waals surface area contributed by atoms with Gasteiger partial charge in [0.1, 0.15) is 11.8 Å². The van der Waals surface area contributed by atoms with E-state index in [1.165, 1.54) is 10.0 Å². The zero-order chi connectivity index (χ0) is 27.1. The Morgan fingerprint density at radius 1 is 0.605 bits per heavy atom. The van der Waals surface area contributed by atoms with Gasteiger partial charge >= 0.3 is 0 Å². The van der Waals surface area contributed by atoms with Gasteiger partial charge in [-0.15, -0.1) is 0 Å². The second kappa shape index (κ2) is 12.5. The van der Waals surface area contributed by atoms with Crippen molar-refractivity contribution < 1.29 is 19.2 Å². The first-order valence-electron chi connectivity index (χ1n) is 13.3. The molecule has 8 nitrogen and oxygen atoms in total. The smallest absolute Gasteiger partial charge is 0.263 e. The van der Waals surface area contributed by atoms with Crippen LogP contribution in [0, 0.1) is 11.8 Å². The zero-order valence-electron chi connectivity index (χ0n) is 22.0. The largest absolute Gasteiger partial charge is 0.298 e. The minimum atomic E-state index is -0.788. The number of nitrogens with zero attached hydrogens (tertiary/aromatic N) is 4. The first-order chi connectivity index (χ1) is 18.4. The van der Waals surface area contributed by atoms with Crippen molar-refractivity contribution in [2.75, 3.05) is 10.0 Å². The molecule has 2 aromatic rings. The Morgan fingerprint density at radius 2 is 0.947 bits per heavy atom. The van der Waals surface area contributed by atoms with Crippen LogP contribution in [0.4, 0.5) is 11.4 Å². The van der Waals surface area contributed by atoms with E-state index in [4.69, 9.17) is 0 Å². The zero-order valence-corrected chi connectivity index (χ0v) is 22.0. The molecule has 0 radical (unpaired) electrons. The molecule has 2 aromatic carbocycles. The predicted octanol–water partition coefficient (Wildman–Crippen LogP) is 5.32. The average Bonchev–Trinajstić information content (AvgIpc) is 3.40. The highest BCUT2D eigenvalue weighted by molar-refractivity contribution is 6.27. The monoisotopic (exact) mass is 514 g/mol. The molecule has 198 valence electrons. The Kier molecular flexibility index (Phi) is 8.94. The number of Topliss-reactive ketones (excluding diaryl/α,β-unsaturated/α-hetero) is 2. The fourth-order valence-electron chi connectivity index (χ4n) is 4.98. The Hall–Kier alpha value is -3.94. The number of unbranched alkanes of at least 4 members (excludes halogenated alkanes) is 5. The molecule has 2 atom stereocenters. The number of anilines is 2. The Bertz CT molecular complexity index is 1140. The molecular weight excluding hydrogens is 480 g/mol. The topological polar surface area (TPSA) is 99.5 Å². The van der Waals surface area contributed by atoms with Gasteiger partial charge in [-0.1, -0.05) is 62.1 Å². The van der Waals surface area contributed by atoms with Gasteiger partial charge in [0.05, 0.1) is 22.8 Å². The molecule has 0 aromatic heterocycles. The van der Waals surface area contributed by atoms with Gasteiger partial charge in [0.25, 0.3) is 11.8 Å². The molecular formula is C30H34N4O4. The van der Waals surface area contributed by atoms with Crippen molar-refractivity contribution >= 4 is 46.2 Å². The van der Waals surface area contributed by atoms with Gasteiger partial charge in [-0.2, -0.15) is 20.2 Å². The lowest BCUT2D eigenvalue weighted by molar-refractivity contribution is -0.130. The van der Waals surface area contributed by atoms with Crippen molar-refractivity contribution in [3.8, 4) is 0 Å². The summed E-state index contributed by atoms with van der Waals surface area (Å²) in [4.78, 5) is 51.0. The van der Waals surface area contributed by atoms with Crippen LogP contribution < -0.4 is 10.0 Å². The number of hydrogen-bond donors (Lipinski definition) is 0. The van der Waals surface area contributed by atoms with Gasteiger partial charge in [0.2, 0.25) is 0 Å². The molecule has 0 N–H and O–H groups in total. The van der Waals surface area contributed by atoms with Crippen LogP contribution in [0.25, 0.3) is 0 Å². The number of carbonyl (C=O) groups is 4. The average molecular weight is 515 g/mol. The first-order valence-corrected chi connectivity index (χ1v) is 13.3. The molecule has 0 saturated carbocycles. The lowest BCUT2D eigenvalue weighted by atomic mass is 9.94. The van der Waals surface area contributed by atoms with Crippen molar-refractivity contribution in [2.45, 2.75) is 65.2 Å². The Morgan fingerprint density at radius 3 is 1.32 bits per heavy atom. The summed E-state index contributed by atoms with van der Waals surface area (Å²) >= 11 is 0. The fraction of sp³-hybridized carbons (Fsp3) is 0.400. The van der Waals surface area contributed by atoms with Crippen LogP contribution in [0.15, 0.2) is 70.9 Å². The number of carbonyl (C=O) groups excluding carboxylic acids is 4. The molecule has 2 heterocycles. The highest BCUT2D eigenvalue weighted by atomic mass is 16.2. The Labute approximate surface area is 223 Å². The van der Waals surface area contributed by atoms with Crippen molar-refractivity contribution in [3.63, 3.8) is 0 Å². The molecule has 0 bridgehead atoms. The maximum atomic E-state index is 12.8. The number of benzene rings is 2. The highest BCUT2D eigenvalue weighted by Gasteiger charge is 2.40. The van der Waals surface area contributed by atoms with Crippen molar-refractivity contribution in [1.29, 1.82) is 0 Å². The summed E-state index contributed by atoms with van der Waals surface area (Å²) in [6, 6.07) is 18.3. The van der Waals surface area contributed by atoms with Crippen LogP contribution >= 0.6 is 0 Å². The van der Waals surface area contributed by atoms with E-state index >= 15 is 0 Å². The molecule has 0 saturated heterocycles. The van der Waals surface area contributed by atoms with Crippen LogP contribution in [0.1, 0.15) is 65.2 Å². The normalized spacial score (nSPS) is 19.1. The third kappa shape index (κ3) is 6.13. The lowest BCUT2D eigenvalue weighted by Gasteiger charge is -2.14. The molecule has 2 aliphatic rings. The van der Waals surface area contributed by atoms with Crippen LogP contribution in [-0.4, -0.2) is 34.8 Å². The summed E-state index contributed by atoms with van der Waals surface area (Å²) in [6.45, 7) is 3.47. The van der Waals surface area contributed by atoms with E-state index in [9.17, 15) is 19.2 Å². The predicted molar refractivity (Wildman–Crippen MR) is 148 cm³/mol. The fourth-order valence-corrected chi connectivity index (χ4v) is 4.98. The number of rotatable bonds is 13. The molecule has 0 fully saturated rings. The van der Waals surface area contributed by atoms with Gasteiger partial charge in [0.15, 0.2) is 11.6 Å². The van der Waals surface area contributed by atoms with Gasteiger partial charge in [0, 0.05) is 12.8 Å². The molecule has 0 aliphatic carbocycles. The summed E-state index contributed by atoms with van der Waals surface area (Å²) in [5.41, 5.74) is 2.42.